The standard InChI is InChI=1S/C13H17NO4/c1-18-11-4-2-3-10(12(11)16)13(17)14-7-8-5-9(15)6-8/h2-4,8-9,15-16H,5-7H2,1H3,(H,14,17). The molecule has 1 aromatic carbocycles. The molecule has 0 saturated heterocycles. The van der Waals surface area contributed by atoms with E-state index in [0.717, 1.165) is 12.8 Å². The number of carbonyl (C=O) groups is 1. The van der Waals surface area contributed by atoms with Crippen LogP contribution in [0.4, 0.5) is 0 Å². The van der Waals surface area contributed by atoms with Crippen LogP contribution >= 0.6 is 0 Å². The van der Waals surface area contributed by atoms with Gasteiger partial charge in [0.05, 0.1) is 18.8 Å². The highest BCUT2D eigenvalue weighted by molar-refractivity contribution is 5.97. The zero-order valence-electron chi connectivity index (χ0n) is 10.2. The predicted molar refractivity (Wildman–Crippen MR) is 65.7 cm³/mol. The van der Waals surface area contributed by atoms with Crippen molar-refractivity contribution < 1.29 is 19.7 Å². The van der Waals surface area contributed by atoms with E-state index in [-0.39, 0.29) is 29.1 Å². The molecule has 5 nitrogen and oxygen atoms in total. The smallest absolute Gasteiger partial charge is 0.255 e. The maximum atomic E-state index is 11.9. The van der Waals surface area contributed by atoms with E-state index in [0.29, 0.717) is 12.5 Å². The summed E-state index contributed by atoms with van der Waals surface area (Å²) in [4.78, 5) is 11.9. The van der Waals surface area contributed by atoms with Crippen molar-refractivity contribution in [2.45, 2.75) is 18.9 Å². The van der Waals surface area contributed by atoms with Crippen LogP contribution in [-0.4, -0.2) is 35.9 Å². The zero-order valence-corrected chi connectivity index (χ0v) is 10.2. The molecule has 18 heavy (non-hydrogen) atoms. The van der Waals surface area contributed by atoms with Crippen LogP contribution in [0.25, 0.3) is 0 Å². The van der Waals surface area contributed by atoms with Crippen LogP contribution in [0.1, 0.15) is 23.2 Å². The van der Waals surface area contributed by atoms with Gasteiger partial charge >= 0.3 is 0 Å². The number of rotatable bonds is 4. The molecule has 0 radical (unpaired) electrons. The number of phenols is 1. The average molecular weight is 251 g/mol. The second kappa shape index (κ2) is 5.27. The number of para-hydroxylation sites is 1. The van der Waals surface area contributed by atoms with Gasteiger partial charge in [-0.1, -0.05) is 6.07 Å². The molecule has 5 heteroatoms. The van der Waals surface area contributed by atoms with Crippen LogP contribution in [0.5, 0.6) is 11.5 Å². The van der Waals surface area contributed by atoms with Crippen LogP contribution < -0.4 is 10.1 Å². The number of nitrogens with one attached hydrogen (secondary N) is 1. The van der Waals surface area contributed by atoms with E-state index in [1.807, 2.05) is 0 Å². The Hall–Kier alpha value is -1.75. The first-order chi connectivity index (χ1) is 8.61. The maximum Gasteiger partial charge on any atom is 0.255 e. The van der Waals surface area contributed by atoms with E-state index < -0.39 is 0 Å². The van der Waals surface area contributed by atoms with Crippen molar-refractivity contribution in [3.05, 3.63) is 23.8 Å². The highest BCUT2D eigenvalue weighted by Gasteiger charge is 2.27. The number of benzene rings is 1. The Bertz CT molecular complexity index is 441. The maximum absolute atomic E-state index is 11.9. The minimum Gasteiger partial charge on any atom is -0.504 e. The molecule has 0 unspecified atom stereocenters. The molecule has 1 fully saturated rings. The summed E-state index contributed by atoms with van der Waals surface area (Å²) in [6, 6.07) is 4.79. The zero-order chi connectivity index (χ0) is 13.1. The molecular formula is C13H17NO4. The number of hydrogen-bond acceptors (Lipinski definition) is 4. The van der Waals surface area contributed by atoms with Gasteiger partial charge in [-0.05, 0) is 30.9 Å². The Morgan fingerprint density at radius 1 is 1.50 bits per heavy atom. The third-order valence-corrected chi connectivity index (χ3v) is 3.23. The number of methoxy groups -OCH3 is 1. The Kier molecular flexibility index (Phi) is 3.72. The summed E-state index contributed by atoms with van der Waals surface area (Å²) in [7, 11) is 1.44. The third kappa shape index (κ3) is 2.56. The molecule has 0 aliphatic heterocycles. The molecule has 1 aromatic rings. The third-order valence-electron chi connectivity index (χ3n) is 3.23. The fraction of sp³-hybridized carbons (Fsp3) is 0.462. The van der Waals surface area contributed by atoms with E-state index >= 15 is 0 Å². The summed E-state index contributed by atoms with van der Waals surface area (Å²) in [6.45, 7) is 0.520. The van der Waals surface area contributed by atoms with E-state index in [4.69, 9.17) is 9.84 Å². The molecular weight excluding hydrogens is 234 g/mol. The first-order valence-corrected chi connectivity index (χ1v) is 5.94. The quantitative estimate of drug-likeness (QED) is 0.743. The lowest BCUT2D eigenvalue weighted by atomic mass is 9.82. The van der Waals surface area contributed by atoms with Gasteiger partial charge in [-0.3, -0.25) is 4.79 Å². The largest absolute Gasteiger partial charge is 0.504 e. The van der Waals surface area contributed by atoms with Gasteiger partial charge in [0.1, 0.15) is 0 Å². The van der Waals surface area contributed by atoms with Crippen LogP contribution in [0.3, 0.4) is 0 Å². The highest BCUT2D eigenvalue weighted by Crippen LogP contribution is 2.30. The molecule has 1 saturated carbocycles. The number of carbonyl (C=O) groups excluding carboxylic acids is 1. The van der Waals surface area contributed by atoms with Crippen LogP contribution in [-0.2, 0) is 0 Å². The van der Waals surface area contributed by atoms with Crippen molar-refractivity contribution >= 4 is 5.91 Å². The monoisotopic (exact) mass is 251 g/mol. The number of hydrogen-bond donors (Lipinski definition) is 3. The van der Waals surface area contributed by atoms with Gasteiger partial charge in [0.25, 0.3) is 5.91 Å². The Labute approximate surface area is 105 Å². The Morgan fingerprint density at radius 2 is 2.22 bits per heavy atom. The topological polar surface area (TPSA) is 78.8 Å². The minimum atomic E-state index is -0.326. The van der Waals surface area contributed by atoms with E-state index in [2.05, 4.69) is 5.32 Å². The van der Waals surface area contributed by atoms with Crippen molar-refractivity contribution in [2.24, 2.45) is 5.92 Å². The van der Waals surface area contributed by atoms with E-state index in [1.165, 1.54) is 7.11 Å². The number of phenolic OH excluding ortho intramolecular Hbond substituents is 1. The minimum absolute atomic E-state index is 0.147. The number of aromatic hydroxyl groups is 1. The molecule has 0 spiro atoms. The van der Waals surface area contributed by atoms with Crippen molar-refractivity contribution in [2.75, 3.05) is 13.7 Å². The highest BCUT2D eigenvalue weighted by atomic mass is 16.5. The Balaban J connectivity index is 1.96. The lowest BCUT2D eigenvalue weighted by molar-refractivity contribution is 0.0420. The van der Waals surface area contributed by atoms with Crippen molar-refractivity contribution in [1.29, 1.82) is 0 Å². The first-order valence-electron chi connectivity index (χ1n) is 5.94. The molecule has 0 atom stereocenters. The number of aliphatic hydroxyl groups is 1. The summed E-state index contributed by atoms with van der Waals surface area (Å²) in [5.41, 5.74) is 0.203. The molecule has 98 valence electrons. The summed E-state index contributed by atoms with van der Waals surface area (Å²) in [5.74, 6) is 0.136. The Morgan fingerprint density at radius 3 is 2.83 bits per heavy atom. The van der Waals surface area contributed by atoms with Crippen molar-refractivity contribution in [3.63, 3.8) is 0 Å². The predicted octanol–water partition coefficient (Wildman–Crippen LogP) is 0.901. The summed E-state index contributed by atoms with van der Waals surface area (Å²) in [5, 5.41) is 21.7. The number of ether oxygens (including phenoxy) is 1. The number of aliphatic hydroxyl groups excluding tert-OH is 1. The second-order valence-electron chi connectivity index (χ2n) is 4.56. The second-order valence-corrected chi connectivity index (χ2v) is 4.56. The van der Waals surface area contributed by atoms with Gasteiger partial charge in [0.2, 0.25) is 0 Å². The van der Waals surface area contributed by atoms with Gasteiger partial charge < -0.3 is 20.3 Å². The molecule has 3 N–H and O–H groups in total. The molecule has 0 aromatic heterocycles. The van der Waals surface area contributed by atoms with Crippen LogP contribution in [0.15, 0.2) is 18.2 Å². The van der Waals surface area contributed by atoms with Gasteiger partial charge in [-0.15, -0.1) is 0 Å². The first kappa shape index (κ1) is 12.7. The fourth-order valence-corrected chi connectivity index (χ4v) is 2.07. The molecule has 1 aliphatic rings. The van der Waals surface area contributed by atoms with Crippen LogP contribution in [0, 0.1) is 5.92 Å². The van der Waals surface area contributed by atoms with Gasteiger partial charge in [-0.25, -0.2) is 0 Å². The van der Waals surface area contributed by atoms with Gasteiger partial charge in [0.15, 0.2) is 11.5 Å². The molecule has 0 heterocycles. The molecule has 1 amide bonds. The lowest BCUT2D eigenvalue weighted by Crippen LogP contribution is -2.38. The van der Waals surface area contributed by atoms with Crippen molar-refractivity contribution in [3.8, 4) is 11.5 Å². The SMILES string of the molecule is COc1cccc(C(=O)NCC2CC(O)C2)c1O. The van der Waals surface area contributed by atoms with Gasteiger partial charge in [0, 0.05) is 6.54 Å². The summed E-state index contributed by atoms with van der Waals surface area (Å²) >= 11 is 0. The normalized spacial score (nSPS) is 22.1. The lowest BCUT2D eigenvalue weighted by Gasteiger charge is -2.31. The average Bonchev–Trinajstić information content (AvgIpc) is 2.33. The summed E-state index contributed by atoms with van der Waals surface area (Å²) < 4.78 is 4.94. The fourth-order valence-electron chi connectivity index (χ4n) is 2.07. The summed E-state index contributed by atoms with van der Waals surface area (Å²) in [6.07, 6.45) is 1.23. The van der Waals surface area contributed by atoms with E-state index in [1.54, 1.807) is 18.2 Å². The molecule has 1 aliphatic carbocycles. The molecule has 0 bridgehead atoms. The number of amides is 1. The van der Waals surface area contributed by atoms with Crippen LogP contribution in [0.2, 0.25) is 0 Å². The van der Waals surface area contributed by atoms with E-state index in [9.17, 15) is 9.90 Å². The van der Waals surface area contributed by atoms with Gasteiger partial charge in [-0.2, -0.15) is 0 Å². The van der Waals surface area contributed by atoms with Crippen molar-refractivity contribution in [1.82, 2.24) is 5.32 Å². The molecule has 2 rings (SSSR count).